The highest BCUT2D eigenvalue weighted by Gasteiger charge is 2.37. The lowest BCUT2D eigenvalue weighted by Crippen LogP contribution is -2.34. The van der Waals surface area contributed by atoms with Crippen LogP contribution in [-0.2, 0) is 11.8 Å². The molecule has 4 rings (SSSR count). The van der Waals surface area contributed by atoms with E-state index in [0.717, 1.165) is 0 Å². The molecule has 2 aromatic carbocycles. The van der Waals surface area contributed by atoms with Crippen LogP contribution in [0.5, 0.6) is 0 Å². The predicted octanol–water partition coefficient (Wildman–Crippen LogP) is 3.83. The van der Waals surface area contributed by atoms with Crippen molar-refractivity contribution in [1.82, 2.24) is 4.57 Å². The van der Waals surface area contributed by atoms with Gasteiger partial charge in [-0.15, -0.1) is 0 Å². The third-order valence-corrected chi connectivity index (χ3v) is 4.90. The van der Waals surface area contributed by atoms with Gasteiger partial charge in [0.1, 0.15) is 5.92 Å². The van der Waals surface area contributed by atoms with Gasteiger partial charge in [0.25, 0.3) is 0 Å². The fourth-order valence-corrected chi connectivity index (χ4v) is 3.50. The number of nitrogens with one attached hydrogen (secondary N) is 1. The summed E-state index contributed by atoms with van der Waals surface area (Å²) in [6.07, 6.45) is 1.64. The van der Waals surface area contributed by atoms with Crippen LogP contribution in [0.15, 0.2) is 60.8 Å². The lowest BCUT2D eigenvalue weighted by atomic mass is 9.89. The van der Waals surface area contributed by atoms with E-state index in [1.54, 1.807) is 66.3 Å². The van der Waals surface area contributed by atoms with Crippen molar-refractivity contribution < 1.29 is 14.4 Å². The number of halogens is 1. The van der Waals surface area contributed by atoms with E-state index >= 15 is 0 Å². The molecule has 1 atom stereocenters. The normalized spacial score (nSPS) is 16.0. The Kier molecular flexibility index (Phi) is 4.16. The van der Waals surface area contributed by atoms with Crippen LogP contribution in [0.4, 0.5) is 5.69 Å². The monoisotopic (exact) mass is 378 g/mol. The Labute approximate surface area is 160 Å². The molecular weight excluding hydrogens is 364 g/mol. The van der Waals surface area contributed by atoms with Gasteiger partial charge in [-0.3, -0.25) is 14.4 Å². The molecule has 27 heavy (non-hydrogen) atoms. The van der Waals surface area contributed by atoms with Crippen LogP contribution in [0.1, 0.15) is 37.9 Å². The summed E-state index contributed by atoms with van der Waals surface area (Å²) < 4.78 is 1.65. The van der Waals surface area contributed by atoms with Crippen molar-refractivity contribution in [3.8, 4) is 0 Å². The van der Waals surface area contributed by atoms with Crippen molar-refractivity contribution in [2.24, 2.45) is 7.05 Å². The zero-order chi connectivity index (χ0) is 19.1. The average Bonchev–Trinajstić information content (AvgIpc) is 3.03. The van der Waals surface area contributed by atoms with Crippen LogP contribution in [0.3, 0.4) is 0 Å². The van der Waals surface area contributed by atoms with E-state index in [1.165, 1.54) is 0 Å². The smallest absolute Gasteiger partial charge is 0.241 e. The number of nitrogens with zero attached hydrogens (tertiary/aromatic N) is 1. The number of aryl methyl sites for hydroxylation is 1. The van der Waals surface area contributed by atoms with Gasteiger partial charge in [0, 0.05) is 40.7 Å². The SMILES string of the molecule is Cn1cc(C(=O)c2ccccc2)cc1C1C(=O)Nc2cc(Cl)ccc2C1=O. The number of ketones is 2. The van der Waals surface area contributed by atoms with Crippen LogP contribution in [0.25, 0.3) is 0 Å². The number of carbonyl (C=O) groups excluding carboxylic acids is 3. The molecule has 0 aliphatic carbocycles. The molecule has 0 fully saturated rings. The van der Waals surface area contributed by atoms with E-state index in [1.807, 2.05) is 6.07 Å². The number of amides is 1. The molecule has 2 heterocycles. The second-order valence-electron chi connectivity index (χ2n) is 6.44. The maximum Gasteiger partial charge on any atom is 0.241 e. The Morgan fingerprint density at radius 2 is 1.78 bits per heavy atom. The van der Waals surface area contributed by atoms with Crippen molar-refractivity contribution in [3.63, 3.8) is 0 Å². The first kappa shape index (κ1) is 17.2. The van der Waals surface area contributed by atoms with Crippen molar-refractivity contribution in [2.75, 3.05) is 5.32 Å². The lowest BCUT2D eigenvalue weighted by Gasteiger charge is -2.24. The summed E-state index contributed by atoms with van der Waals surface area (Å²) in [6, 6.07) is 15.3. The predicted molar refractivity (Wildman–Crippen MR) is 102 cm³/mol. The molecule has 6 heteroatoms. The molecule has 0 bridgehead atoms. The molecule has 3 aromatic rings. The van der Waals surface area contributed by atoms with Gasteiger partial charge in [-0.1, -0.05) is 41.9 Å². The highest BCUT2D eigenvalue weighted by Crippen LogP contribution is 2.34. The molecule has 1 aliphatic heterocycles. The second kappa shape index (κ2) is 6.52. The maximum atomic E-state index is 12.9. The largest absolute Gasteiger partial charge is 0.353 e. The second-order valence-corrected chi connectivity index (χ2v) is 6.87. The van der Waals surface area contributed by atoms with Crippen LogP contribution in [0.2, 0.25) is 5.02 Å². The van der Waals surface area contributed by atoms with Gasteiger partial charge in [0.15, 0.2) is 11.6 Å². The fraction of sp³-hybridized carbons (Fsp3) is 0.0952. The third kappa shape index (κ3) is 2.96. The molecule has 1 N–H and O–H groups in total. The number of rotatable bonds is 3. The van der Waals surface area contributed by atoms with Crippen molar-refractivity contribution >= 4 is 34.8 Å². The number of hydrogen-bond acceptors (Lipinski definition) is 3. The Bertz CT molecular complexity index is 1090. The van der Waals surface area contributed by atoms with E-state index in [0.29, 0.717) is 33.1 Å². The molecule has 1 aliphatic rings. The lowest BCUT2D eigenvalue weighted by molar-refractivity contribution is -0.116. The molecule has 1 amide bonds. The van der Waals surface area contributed by atoms with E-state index in [4.69, 9.17) is 11.6 Å². The summed E-state index contributed by atoms with van der Waals surface area (Å²) in [7, 11) is 1.72. The van der Waals surface area contributed by atoms with Crippen LogP contribution in [0, 0.1) is 0 Å². The Balaban J connectivity index is 1.73. The van der Waals surface area contributed by atoms with E-state index in [-0.39, 0.29) is 11.6 Å². The average molecular weight is 379 g/mol. The quantitative estimate of drug-likeness (QED) is 0.556. The molecule has 1 unspecified atom stereocenters. The molecule has 1 aromatic heterocycles. The summed E-state index contributed by atoms with van der Waals surface area (Å²) in [6.45, 7) is 0. The Morgan fingerprint density at radius 1 is 1.04 bits per heavy atom. The number of carbonyl (C=O) groups is 3. The minimum absolute atomic E-state index is 0.159. The van der Waals surface area contributed by atoms with Gasteiger partial charge >= 0.3 is 0 Å². The minimum Gasteiger partial charge on any atom is -0.353 e. The summed E-state index contributed by atoms with van der Waals surface area (Å²) in [5.41, 5.74) is 2.26. The van der Waals surface area contributed by atoms with Gasteiger partial charge < -0.3 is 9.88 Å². The zero-order valence-electron chi connectivity index (χ0n) is 14.4. The molecular formula is C21H15ClN2O3. The molecule has 0 radical (unpaired) electrons. The highest BCUT2D eigenvalue weighted by atomic mass is 35.5. The molecule has 0 spiro atoms. The number of aromatic nitrogens is 1. The van der Waals surface area contributed by atoms with Gasteiger partial charge in [0.2, 0.25) is 5.91 Å². The summed E-state index contributed by atoms with van der Waals surface area (Å²) in [5, 5.41) is 3.17. The van der Waals surface area contributed by atoms with E-state index in [2.05, 4.69) is 5.32 Å². The highest BCUT2D eigenvalue weighted by molar-refractivity contribution is 6.32. The summed E-state index contributed by atoms with van der Waals surface area (Å²) in [5.74, 6) is -1.92. The molecule has 5 nitrogen and oxygen atoms in total. The van der Waals surface area contributed by atoms with Gasteiger partial charge in [0.05, 0.1) is 5.69 Å². The topological polar surface area (TPSA) is 68.2 Å². The van der Waals surface area contributed by atoms with Gasteiger partial charge in [-0.05, 0) is 24.3 Å². The molecule has 134 valence electrons. The van der Waals surface area contributed by atoms with Crippen LogP contribution >= 0.6 is 11.6 Å². The number of fused-ring (bicyclic) bond motifs is 1. The Morgan fingerprint density at radius 3 is 2.52 bits per heavy atom. The standard InChI is InChI=1S/C21H15ClN2O3/c1-24-11-13(19(25)12-5-3-2-4-6-12)9-17(24)18-20(26)15-8-7-14(22)10-16(15)23-21(18)27/h2-11,18H,1H3,(H,23,27). The van der Waals surface area contributed by atoms with Gasteiger partial charge in [-0.25, -0.2) is 0 Å². The number of Topliss-reactive ketones (excluding diaryl/α,β-unsaturated/α-hetero) is 1. The number of benzene rings is 2. The van der Waals surface area contributed by atoms with Gasteiger partial charge in [-0.2, -0.15) is 0 Å². The number of hydrogen-bond donors (Lipinski definition) is 1. The number of anilines is 1. The van der Waals surface area contributed by atoms with E-state index in [9.17, 15) is 14.4 Å². The van der Waals surface area contributed by atoms with Crippen molar-refractivity contribution in [1.29, 1.82) is 0 Å². The summed E-state index contributed by atoms with van der Waals surface area (Å²) >= 11 is 5.94. The maximum absolute atomic E-state index is 12.9. The first-order chi connectivity index (χ1) is 13.0. The van der Waals surface area contributed by atoms with Crippen LogP contribution < -0.4 is 5.32 Å². The van der Waals surface area contributed by atoms with Crippen molar-refractivity contribution in [2.45, 2.75) is 5.92 Å². The molecule has 0 saturated carbocycles. The van der Waals surface area contributed by atoms with Crippen LogP contribution in [-0.4, -0.2) is 22.0 Å². The Hall–Kier alpha value is -3.18. The van der Waals surface area contributed by atoms with Crippen molar-refractivity contribution in [3.05, 3.63) is 88.2 Å². The zero-order valence-corrected chi connectivity index (χ0v) is 15.2. The first-order valence-electron chi connectivity index (χ1n) is 8.36. The fourth-order valence-electron chi connectivity index (χ4n) is 3.33. The molecule has 0 saturated heterocycles. The van der Waals surface area contributed by atoms with E-state index < -0.39 is 11.8 Å². The summed E-state index contributed by atoms with van der Waals surface area (Å²) in [4.78, 5) is 38.2. The third-order valence-electron chi connectivity index (χ3n) is 4.67. The first-order valence-corrected chi connectivity index (χ1v) is 8.74. The minimum atomic E-state index is -1.01.